The maximum Gasteiger partial charge on any atom is 0.223 e. The predicted molar refractivity (Wildman–Crippen MR) is 77.9 cm³/mol. The Morgan fingerprint density at radius 3 is 2.68 bits per heavy atom. The van der Waals surface area contributed by atoms with Crippen LogP contribution in [-0.2, 0) is 4.79 Å². The molecule has 0 unspecified atom stereocenters. The number of amides is 1. The molecular weight excluding hydrogens is 260 g/mol. The molecule has 0 saturated heterocycles. The van der Waals surface area contributed by atoms with Gasteiger partial charge in [-0.1, -0.05) is 23.7 Å². The first kappa shape index (κ1) is 14.4. The molecule has 3 nitrogen and oxygen atoms in total. The summed E-state index contributed by atoms with van der Waals surface area (Å²) < 4.78 is 0. The van der Waals surface area contributed by atoms with Gasteiger partial charge in [0.25, 0.3) is 0 Å². The second-order valence-electron chi connectivity index (χ2n) is 5.40. The molecule has 2 rings (SSSR count). The number of halogens is 1. The van der Waals surface area contributed by atoms with Crippen molar-refractivity contribution in [2.45, 2.75) is 44.7 Å². The van der Waals surface area contributed by atoms with Gasteiger partial charge in [-0.3, -0.25) is 4.79 Å². The third-order valence-corrected chi connectivity index (χ3v) is 4.09. The van der Waals surface area contributed by atoms with Gasteiger partial charge in [-0.15, -0.1) is 0 Å². The molecule has 0 spiro atoms. The quantitative estimate of drug-likeness (QED) is 0.894. The maximum atomic E-state index is 12.2. The molecule has 4 heteroatoms. The van der Waals surface area contributed by atoms with Crippen molar-refractivity contribution in [1.29, 1.82) is 0 Å². The lowest BCUT2D eigenvalue weighted by molar-refractivity contribution is -0.126. The normalized spacial score (nSPS) is 24.8. The van der Waals surface area contributed by atoms with Gasteiger partial charge in [0.05, 0.1) is 6.04 Å². The summed E-state index contributed by atoms with van der Waals surface area (Å²) in [6.07, 6.45) is 3.69. The molecule has 0 radical (unpaired) electrons. The fraction of sp³-hybridized carbons (Fsp3) is 0.533. The number of nitrogens with two attached hydrogens (primary N) is 1. The summed E-state index contributed by atoms with van der Waals surface area (Å²) in [5.41, 5.74) is 6.90. The number of benzene rings is 1. The van der Waals surface area contributed by atoms with E-state index in [9.17, 15) is 4.79 Å². The molecule has 1 fully saturated rings. The van der Waals surface area contributed by atoms with Crippen LogP contribution in [-0.4, -0.2) is 11.9 Å². The van der Waals surface area contributed by atoms with Crippen molar-refractivity contribution in [2.75, 3.05) is 0 Å². The fourth-order valence-corrected chi connectivity index (χ4v) is 2.77. The third-order valence-electron chi connectivity index (χ3n) is 3.85. The van der Waals surface area contributed by atoms with Crippen LogP contribution in [0.5, 0.6) is 0 Å². The van der Waals surface area contributed by atoms with Crippen LogP contribution in [0.25, 0.3) is 0 Å². The molecule has 3 N–H and O–H groups in total. The number of nitrogens with one attached hydrogen (secondary N) is 1. The summed E-state index contributed by atoms with van der Waals surface area (Å²) in [6.45, 7) is 1.98. The monoisotopic (exact) mass is 280 g/mol. The van der Waals surface area contributed by atoms with E-state index in [0.29, 0.717) is 5.02 Å². The van der Waals surface area contributed by atoms with Crippen molar-refractivity contribution in [2.24, 2.45) is 11.7 Å². The Morgan fingerprint density at radius 2 is 2.05 bits per heavy atom. The van der Waals surface area contributed by atoms with Crippen molar-refractivity contribution < 1.29 is 4.79 Å². The van der Waals surface area contributed by atoms with Crippen molar-refractivity contribution >= 4 is 17.5 Å². The highest BCUT2D eigenvalue weighted by atomic mass is 35.5. The average Bonchev–Trinajstić information content (AvgIpc) is 2.39. The molecule has 1 saturated carbocycles. The van der Waals surface area contributed by atoms with Gasteiger partial charge in [0.15, 0.2) is 0 Å². The Morgan fingerprint density at radius 1 is 1.37 bits per heavy atom. The molecule has 1 atom stereocenters. The first-order chi connectivity index (χ1) is 9.06. The lowest BCUT2D eigenvalue weighted by Gasteiger charge is -2.26. The van der Waals surface area contributed by atoms with E-state index in [4.69, 9.17) is 17.3 Å². The van der Waals surface area contributed by atoms with E-state index in [1.165, 1.54) is 0 Å². The van der Waals surface area contributed by atoms with Crippen molar-refractivity contribution in [3.63, 3.8) is 0 Å². The lowest BCUT2D eigenvalue weighted by atomic mass is 9.85. The Kier molecular flexibility index (Phi) is 4.83. The predicted octanol–water partition coefficient (Wildman–Crippen LogP) is 3.03. The molecule has 0 heterocycles. The first-order valence-corrected chi connectivity index (χ1v) is 7.25. The summed E-state index contributed by atoms with van der Waals surface area (Å²) in [4.78, 5) is 12.2. The highest BCUT2D eigenvalue weighted by Gasteiger charge is 2.25. The highest BCUT2D eigenvalue weighted by Crippen LogP contribution is 2.24. The Hall–Kier alpha value is -1.06. The van der Waals surface area contributed by atoms with Crippen LogP contribution in [0, 0.1) is 5.92 Å². The average molecular weight is 281 g/mol. The van der Waals surface area contributed by atoms with Gasteiger partial charge in [-0.05, 0) is 50.3 Å². The topological polar surface area (TPSA) is 55.1 Å². The number of carbonyl (C=O) groups is 1. The first-order valence-electron chi connectivity index (χ1n) is 6.87. The van der Waals surface area contributed by atoms with E-state index < -0.39 is 0 Å². The molecule has 1 aromatic carbocycles. The summed E-state index contributed by atoms with van der Waals surface area (Å²) in [7, 11) is 0. The molecule has 1 amide bonds. The molecule has 0 aliphatic heterocycles. The summed E-state index contributed by atoms with van der Waals surface area (Å²) in [6, 6.07) is 7.87. The SMILES string of the molecule is C[C@H](NC(=O)C1CCC(N)CC1)c1cccc(Cl)c1. The molecule has 0 bridgehead atoms. The Labute approximate surface area is 119 Å². The highest BCUT2D eigenvalue weighted by molar-refractivity contribution is 6.30. The maximum absolute atomic E-state index is 12.2. The molecule has 1 aliphatic carbocycles. The largest absolute Gasteiger partial charge is 0.349 e. The van der Waals surface area contributed by atoms with Crippen LogP contribution in [0.4, 0.5) is 0 Å². The zero-order valence-electron chi connectivity index (χ0n) is 11.2. The minimum Gasteiger partial charge on any atom is -0.349 e. The number of carbonyl (C=O) groups excluding carboxylic acids is 1. The van der Waals surface area contributed by atoms with Crippen LogP contribution in [0.3, 0.4) is 0 Å². The third kappa shape index (κ3) is 3.95. The van der Waals surface area contributed by atoms with E-state index in [2.05, 4.69) is 5.32 Å². The number of hydrogen-bond donors (Lipinski definition) is 2. The van der Waals surface area contributed by atoms with Crippen LogP contribution in [0.15, 0.2) is 24.3 Å². The Bertz CT molecular complexity index is 442. The van der Waals surface area contributed by atoms with Crippen molar-refractivity contribution in [1.82, 2.24) is 5.32 Å². The summed E-state index contributed by atoms with van der Waals surface area (Å²) in [5.74, 6) is 0.251. The standard InChI is InChI=1S/C15H21ClN2O/c1-10(12-3-2-4-13(16)9-12)18-15(19)11-5-7-14(17)8-6-11/h2-4,9-11,14H,5-8,17H2,1H3,(H,18,19)/t10-,11?,14?/m0/s1. The van der Waals surface area contributed by atoms with E-state index in [1.54, 1.807) is 0 Å². The minimum absolute atomic E-state index is 0.0122. The zero-order chi connectivity index (χ0) is 13.8. The lowest BCUT2D eigenvalue weighted by Crippen LogP contribution is -2.37. The van der Waals surface area contributed by atoms with E-state index in [0.717, 1.165) is 31.2 Å². The molecule has 104 valence electrons. The second-order valence-corrected chi connectivity index (χ2v) is 5.83. The van der Waals surface area contributed by atoms with Gasteiger partial charge in [-0.25, -0.2) is 0 Å². The van der Waals surface area contributed by atoms with Crippen LogP contribution >= 0.6 is 11.6 Å². The van der Waals surface area contributed by atoms with Crippen molar-refractivity contribution in [3.05, 3.63) is 34.9 Å². The fourth-order valence-electron chi connectivity index (χ4n) is 2.57. The van der Waals surface area contributed by atoms with Crippen molar-refractivity contribution in [3.8, 4) is 0 Å². The molecule has 0 aromatic heterocycles. The zero-order valence-corrected chi connectivity index (χ0v) is 12.0. The second kappa shape index (κ2) is 6.40. The number of rotatable bonds is 3. The minimum atomic E-state index is -0.0122. The van der Waals surface area contributed by atoms with Gasteiger partial charge in [0, 0.05) is 17.0 Å². The van der Waals surface area contributed by atoms with Gasteiger partial charge in [0.2, 0.25) is 5.91 Å². The van der Waals surface area contributed by atoms with Gasteiger partial charge < -0.3 is 11.1 Å². The smallest absolute Gasteiger partial charge is 0.223 e. The van der Waals surface area contributed by atoms with E-state index >= 15 is 0 Å². The van der Waals surface area contributed by atoms with Crippen LogP contribution < -0.4 is 11.1 Å². The molecule has 19 heavy (non-hydrogen) atoms. The van der Waals surface area contributed by atoms with Gasteiger partial charge >= 0.3 is 0 Å². The van der Waals surface area contributed by atoms with E-state index in [1.807, 2.05) is 31.2 Å². The molecule has 1 aromatic rings. The summed E-state index contributed by atoms with van der Waals surface area (Å²) >= 11 is 5.96. The van der Waals surface area contributed by atoms with Gasteiger partial charge in [-0.2, -0.15) is 0 Å². The summed E-state index contributed by atoms with van der Waals surface area (Å²) in [5, 5.41) is 3.77. The van der Waals surface area contributed by atoms with Crippen LogP contribution in [0.1, 0.15) is 44.2 Å². The Balaban J connectivity index is 1.91. The number of hydrogen-bond acceptors (Lipinski definition) is 2. The molecule has 1 aliphatic rings. The van der Waals surface area contributed by atoms with Crippen LogP contribution in [0.2, 0.25) is 5.02 Å². The van der Waals surface area contributed by atoms with Gasteiger partial charge in [0.1, 0.15) is 0 Å². The molecular formula is C15H21ClN2O. The van der Waals surface area contributed by atoms with E-state index in [-0.39, 0.29) is 23.9 Å².